The maximum absolute atomic E-state index is 13.1. The molecule has 1 unspecified atom stereocenters. The molecule has 2 heterocycles. The third-order valence-corrected chi connectivity index (χ3v) is 5.08. The van der Waals surface area contributed by atoms with Gasteiger partial charge in [0.1, 0.15) is 6.04 Å². The van der Waals surface area contributed by atoms with Crippen LogP contribution in [0.25, 0.3) is 11.0 Å². The Hall–Kier alpha value is -2.61. The number of imidazole rings is 1. The first-order valence-corrected chi connectivity index (χ1v) is 9.55. The molecule has 2 aromatic rings. The van der Waals surface area contributed by atoms with Crippen LogP contribution in [0.15, 0.2) is 29.1 Å². The highest BCUT2D eigenvalue weighted by Gasteiger charge is 2.34. The molecule has 0 aliphatic carbocycles. The summed E-state index contributed by atoms with van der Waals surface area (Å²) < 4.78 is 8.30. The van der Waals surface area contributed by atoms with Gasteiger partial charge in [0.2, 0.25) is 0 Å². The van der Waals surface area contributed by atoms with Gasteiger partial charge >= 0.3 is 17.7 Å². The van der Waals surface area contributed by atoms with Crippen molar-refractivity contribution in [1.29, 1.82) is 0 Å². The molecular weight excluding hydrogens is 362 g/mol. The molecule has 0 spiro atoms. The fourth-order valence-corrected chi connectivity index (χ4v) is 3.57. The maximum Gasteiger partial charge on any atom is 0.337 e. The fourth-order valence-electron chi connectivity index (χ4n) is 3.57. The van der Waals surface area contributed by atoms with Gasteiger partial charge in [-0.05, 0) is 36.8 Å². The number of carboxylic acids is 1. The zero-order valence-electron chi connectivity index (χ0n) is 16.5. The van der Waals surface area contributed by atoms with Crippen LogP contribution in [0.3, 0.4) is 0 Å². The maximum atomic E-state index is 13.1. The number of nitrogens with one attached hydrogen (secondary N) is 1. The van der Waals surface area contributed by atoms with Crippen LogP contribution >= 0.6 is 0 Å². The summed E-state index contributed by atoms with van der Waals surface area (Å²) in [6, 6.07) is 5.13. The monoisotopic (exact) mass is 389 g/mol. The molecule has 1 aliphatic heterocycles. The van der Waals surface area contributed by atoms with E-state index in [1.807, 2.05) is 0 Å². The highest BCUT2D eigenvalue weighted by molar-refractivity contribution is 5.91. The molecule has 1 aromatic heterocycles. The van der Waals surface area contributed by atoms with Crippen LogP contribution in [-0.4, -0.2) is 45.0 Å². The molecule has 0 saturated carbocycles. The van der Waals surface area contributed by atoms with Gasteiger partial charge in [-0.3, -0.25) is 4.57 Å². The summed E-state index contributed by atoms with van der Waals surface area (Å²) in [5.74, 6) is -1.15. The van der Waals surface area contributed by atoms with E-state index in [1.54, 1.807) is 45.0 Å². The quantitative estimate of drug-likeness (QED) is 0.836. The van der Waals surface area contributed by atoms with Gasteiger partial charge in [-0.15, -0.1) is 0 Å². The first-order valence-electron chi connectivity index (χ1n) is 9.55. The summed E-state index contributed by atoms with van der Waals surface area (Å²) >= 11 is 0. The number of carbonyl (C=O) groups is 2. The Balaban J connectivity index is 1.99. The van der Waals surface area contributed by atoms with Gasteiger partial charge in [0.15, 0.2) is 0 Å². The van der Waals surface area contributed by atoms with Gasteiger partial charge in [0.05, 0.1) is 23.7 Å². The van der Waals surface area contributed by atoms with E-state index in [2.05, 4.69) is 5.32 Å². The van der Waals surface area contributed by atoms with Gasteiger partial charge < -0.3 is 15.2 Å². The molecule has 1 aromatic carbocycles. The van der Waals surface area contributed by atoms with E-state index >= 15 is 0 Å². The predicted octanol–water partition coefficient (Wildman–Crippen LogP) is 2.43. The first kappa shape index (κ1) is 20.1. The van der Waals surface area contributed by atoms with Crippen molar-refractivity contribution in [2.75, 3.05) is 6.61 Å². The highest BCUT2D eigenvalue weighted by Crippen LogP contribution is 2.21. The average Bonchev–Trinajstić information content (AvgIpc) is 2.91. The van der Waals surface area contributed by atoms with Crippen molar-refractivity contribution in [3.8, 4) is 0 Å². The lowest BCUT2D eigenvalue weighted by Crippen LogP contribution is -2.51. The number of para-hydroxylation sites is 2. The number of carbonyl (C=O) groups excluding carboxylic acids is 1. The van der Waals surface area contributed by atoms with Crippen molar-refractivity contribution in [2.45, 2.75) is 58.7 Å². The van der Waals surface area contributed by atoms with Crippen molar-refractivity contribution in [3.05, 3.63) is 34.7 Å². The normalized spacial score (nSPS) is 18.8. The topological polar surface area (TPSA) is 103 Å². The number of amides is 1. The van der Waals surface area contributed by atoms with Crippen molar-refractivity contribution >= 4 is 23.0 Å². The molecule has 1 amide bonds. The van der Waals surface area contributed by atoms with Gasteiger partial charge in [-0.2, -0.15) is 0 Å². The van der Waals surface area contributed by atoms with E-state index in [1.165, 1.54) is 4.57 Å². The molecule has 2 N–H and O–H groups in total. The molecule has 1 saturated heterocycles. The molecule has 1 fully saturated rings. The molecule has 1 aliphatic rings. The Bertz CT molecular complexity index is 931. The Kier molecular flexibility index (Phi) is 5.60. The van der Waals surface area contributed by atoms with Crippen LogP contribution in [0.4, 0.5) is 4.79 Å². The van der Waals surface area contributed by atoms with Gasteiger partial charge in [0, 0.05) is 6.61 Å². The molecule has 152 valence electrons. The second-order valence-electron chi connectivity index (χ2n) is 8.29. The molecule has 28 heavy (non-hydrogen) atoms. The Morgan fingerprint density at radius 2 is 1.93 bits per heavy atom. The number of hydrogen-bond acceptors (Lipinski definition) is 4. The molecule has 3 rings (SSSR count). The van der Waals surface area contributed by atoms with E-state index in [4.69, 9.17) is 4.74 Å². The third kappa shape index (κ3) is 3.96. The minimum atomic E-state index is -1.15. The average molecular weight is 389 g/mol. The number of hydrogen-bond donors (Lipinski definition) is 2. The zero-order chi connectivity index (χ0) is 20.5. The first-order chi connectivity index (χ1) is 13.2. The predicted molar refractivity (Wildman–Crippen MR) is 105 cm³/mol. The zero-order valence-corrected chi connectivity index (χ0v) is 16.5. The summed E-state index contributed by atoms with van der Waals surface area (Å²) in [4.78, 5) is 37.6. The van der Waals surface area contributed by atoms with E-state index in [-0.39, 0.29) is 6.10 Å². The molecule has 8 heteroatoms. The van der Waals surface area contributed by atoms with E-state index in [9.17, 15) is 19.5 Å². The summed E-state index contributed by atoms with van der Waals surface area (Å²) in [6.07, 6.45) is 2.85. The van der Waals surface area contributed by atoms with E-state index in [0.29, 0.717) is 24.2 Å². The summed E-state index contributed by atoms with van der Waals surface area (Å²) in [5.41, 5.74) is -0.136. The van der Waals surface area contributed by atoms with E-state index < -0.39 is 29.1 Å². The molecule has 0 radical (unpaired) electrons. The van der Waals surface area contributed by atoms with Crippen LogP contribution in [-0.2, 0) is 16.1 Å². The largest absolute Gasteiger partial charge is 0.480 e. The fraction of sp³-hybridized carbons (Fsp3) is 0.550. The Morgan fingerprint density at radius 1 is 1.25 bits per heavy atom. The van der Waals surface area contributed by atoms with E-state index in [0.717, 1.165) is 23.8 Å². The number of rotatable bonds is 4. The number of nitrogens with zero attached hydrogens (tertiary/aromatic N) is 2. The second kappa shape index (κ2) is 7.79. The number of aliphatic carboxylic acids is 1. The highest BCUT2D eigenvalue weighted by atomic mass is 16.5. The van der Waals surface area contributed by atoms with Gasteiger partial charge in [0.25, 0.3) is 0 Å². The van der Waals surface area contributed by atoms with Crippen molar-refractivity contribution < 1.29 is 19.4 Å². The van der Waals surface area contributed by atoms with Crippen molar-refractivity contribution in [2.24, 2.45) is 5.41 Å². The number of carboxylic acid groups (broad SMARTS) is 1. The van der Waals surface area contributed by atoms with Crippen LogP contribution in [0.5, 0.6) is 0 Å². The van der Waals surface area contributed by atoms with Gasteiger partial charge in [-0.1, -0.05) is 32.9 Å². The van der Waals surface area contributed by atoms with Crippen molar-refractivity contribution in [1.82, 2.24) is 14.5 Å². The summed E-state index contributed by atoms with van der Waals surface area (Å²) in [6.45, 7) is 6.20. The smallest absolute Gasteiger partial charge is 0.337 e. The lowest BCUT2D eigenvalue weighted by Gasteiger charge is -2.27. The lowest BCUT2D eigenvalue weighted by atomic mass is 9.87. The Labute approximate surface area is 163 Å². The third-order valence-electron chi connectivity index (χ3n) is 5.08. The molecule has 0 bridgehead atoms. The second-order valence-corrected chi connectivity index (χ2v) is 8.29. The van der Waals surface area contributed by atoms with Crippen molar-refractivity contribution in [3.63, 3.8) is 0 Å². The van der Waals surface area contributed by atoms with Crippen LogP contribution < -0.4 is 11.0 Å². The molecule has 8 nitrogen and oxygen atoms in total. The SMILES string of the molecule is CC(C)(C)[C@H](NC(=O)n1c(=O)n(CC2CCCCO2)c2ccccc21)C(=O)O. The number of fused-ring (bicyclic) bond motifs is 1. The van der Waals surface area contributed by atoms with Crippen LogP contribution in [0.2, 0.25) is 0 Å². The number of benzene rings is 1. The number of aromatic nitrogens is 2. The summed E-state index contributed by atoms with van der Waals surface area (Å²) in [5, 5.41) is 12.0. The minimum Gasteiger partial charge on any atom is -0.480 e. The standard InChI is InChI=1S/C20H27N3O5/c1-20(2,3)16(17(24)25)21-18(26)23-15-10-5-4-9-14(15)22(19(23)27)12-13-8-6-7-11-28-13/h4-5,9-10,13,16H,6-8,11-12H2,1-3H3,(H,21,26)(H,24,25)/t13?,16-/m1/s1. The molecular formula is C20H27N3O5. The van der Waals surface area contributed by atoms with Crippen LogP contribution in [0.1, 0.15) is 40.0 Å². The summed E-state index contributed by atoms with van der Waals surface area (Å²) in [7, 11) is 0. The van der Waals surface area contributed by atoms with Gasteiger partial charge in [-0.25, -0.2) is 19.0 Å². The lowest BCUT2D eigenvalue weighted by molar-refractivity contribution is -0.141. The minimum absolute atomic E-state index is 0.0740. The molecule has 2 atom stereocenters. The van der Waals surface area contributed by atoms with Crippen LogP contribution in [0, 0.1) is 5.41 Å². The number of ether oxygens (including phenoxy) is 1. The Morgan fingerprint density at radius 3 is 2.50 bits per heavy atom.